The first kappa shape index (κ1) is 21.9. The van der Waals surface area contributed by atoms with Gasteiger partial charge in [-0.3, -0.25) is 4.98 Å². The average Bonchev–Trinajstić information content (AvgIpc) is 3.28. The molecule has 1 unspecified atom stereocenters. The van der Waals surface area contributed by atoms with Crippen molar-refractivity contribution in [2.75, 3.05) is 11.9 Å². The van der Waals surface area contributed by atoms with E-state index in [0.717, 1.165) is 54.3 Å². The van der Waals surface area contributed by atoms with E-state index in [2.05, 4.69) is 20.0 Å². The fraction of sp³-hybridized carbons (Fsp3) is 0.364. The number of aryl methyl sites for hydroxylation is 1. The fourth-order valence-electron chi connectivity index (χ4n) is 3.78. The molecule has 4 rings (SSSR count). The van der Waals surface area contributed by atoms with E-state index in [4.69, 9.17) is 10.7 Å². The van der Waals surface area contributed by atoms with Crippen LogP contribution in [0.3, 0.4) is 0 Å². The SMILES string of the molecule is Cc1ccc(ON)c(S(=O)NC2CCC(CNc3nc(-c4ccccn4)cs3)CC2)c1. The van der Waals surface area contributed by atoms with Crippen molar-refractivity contribution in [3.63, 3.8) is 0 Å². The first-order valence-electron chi connectivity index (χ1n) is 10.4. The number of thiazole rings is 1. The number of nitrogens with zero attached hydrogens (tertiary/aromatic N) is 2. The third-order valence-electron chi connectivity index (χ3n) is 5.52. The second-order valence-electron chi connectivity index (χ2n) is 7.81. The van der Waals surface area contributed by atoms with Crippen molar-refractivity contribution in [3.05, 3.63) is 53.5 Å². The van der Waals surface area contributed by atoms with Crippen LogP contribution >= 0.6 is 11.3 Å². The third kappa shape index (κ3) is 5.68. The third-order valence-corrected chi connectivity index (χ3v) is 7.59. The lowest BCUT2D eigenvalue weighted by Gasteiger charge is -2.29. The minimum Gasteiger partial charge on any atom is -0.410 e. The Labute approximate surface area is 189 Å². The standard InChI is InChI=1S/C22H27N5O2S2/c1-15-5-10-20(29-23)21(12-15)31(28)27-17-8-6-16(7-9-17)13-25-22-26-19(14-30-22)18-4-2-3-11-24-18/h2-5,10-12,14,16-17,27H,6-9,13,23H2,1H3,(H,25,26). The molecule has 7 nitrogen and oxygen atoms in total. The van der Waals surface area contributed by atoms with E-state index < -0.39 is 11.0 Å². The first-order valence-corrected chi connectivity index (χ1v) is 12.4. The Kier molecular flexibility index (Phi) is 7.29. The highest BCUT2D eigenvalue weighted by Gasteiger charge is 2.24. The molecule has 1 aliphatic rings. The van der Waals surface area contributed by atoms with Crippen LogP contribution in [-0.2, 0) is 11.0 Å². The van der Waals surface area contributed by atoms with Gasteiger partial charge in [0.2, 0.25) is 0 Å². The van der Waals surface area contributed by atoms with Gasteiger partial charge in [0.05, 0.1) is 10.6 Å². The highest BCUT2D eigenvalue weighted by Crippen LogP contribution is 2.28. The molecule has 0 spiro atoms. The van der Waals surface area contributed by atoms with Gasteiger partial charge in [0.1, 0.15) is 16.7 Å². The van der Waals surface area contributed by atoms with Gasteiger partial charge >= 0.3 is 0 Å². The maximum atomic E-state index is 12.8. The highest BCUT2D eigenvalue weighted by molar-refractivity contribution is 7.83. The van der Waals surface area contributed by atoms with Gasteiger partial charge < -0.3 is 10.2 Å². The molecule has 3 aromatic rings. The largest absolute Gasteiger partial charge is 0.410 e. The molecule has 2 heterocycles. The van der Waals surface area contributed by atoms with Crippen LogP contribution in [0.2, 0.25) is 0 Å². The summed E-state index contributed by atoms with van der Waals surface area (Å²) < 4.78 is 16.0. The fourth-order valence-corrected chi connectivity index (χ4v) is 5.75. The van der Waals surface area contributed by atoms with E-state index >= 15 is 0 Å². The summed E-state index contributed by atoms with van der Waals surface area (Å²) in [5.74, 6) is 6.36. The maximum Gasteiger partial charge on any atom is 0.183 e. The molecule has 0 aliphatic heterocycles. The van der Waals surface area contributed by atoms with Gasteiger partial charge in [-0.05, 0) is 68.4 Å². The Hall–Kier alpha value is -2.33. The molecule has 164 valence electrons. The Morgan fingerprint density at radius 3 is 2.77 bits per heavy atom. The van der Waals surface area contributed by atoms with Crippen molar-refractivity contribution in [2.24, 2.45) is 11.8 Å². The summed E-state index contributed by atoms with van der Waals surface area (Å²) in [5.41, 5.74) is 2.82. The molecule has 4 N–H and O–H groups in total. The summed E-state index contributed by atoms with van der Waals surface area (Å²) in [4.78, 5) is 14.5. The minimum atomic E-state index is -1.35. The smallest absolute Gasteiger partial charge is 0.183 e. The van der Waals surface area contributed by atoms with Crippen LogP contribution in [0, 0.1) is 12.8 Å². The highest BCUT2D eigenvalue weighted by atomic mass is 32.2. The zero-order valence-corrected chi connectivity index (χ0v) is 19.0. The van der Waals surface area contributed by atoms with Crippen molar-refractivity contribution in [2.45, 2.75) is 43.5 Å². The topological polar surface area (TPSA) is 102 Å². The Bertz CT molecular complexity index is 1020. The number of aromatic nitrogens is 2. The lowest BCUT2D eigenvalue weighted by atomic mass is 9.86. The van der Waals surface area contributed by atoms with Crippen LogP contribution in [0.25, 0.3) is 11.4 Å². The summed E-state index contributed by atoms with van der Waals surface area (Å²) in [5, 5.41) is 6.44. The van der Waals surface area contributed by atoms with E-state index in [9.17, 15) is 4.21 Å². The maximum absolute atomic E-state index is 12.8. The molecule has 1 atom stereocenters. The minimum absolute atomic E-state index is 0.221. The van der Waals surface area contributed by atoms with Crippen LogP contribution < -0.4 is 20.8 Å². The van der Waals surface area contributed by atoms with Gasteiger partial charge in [-0.15, -0.1) is 11.3 Å². The zero-order valence-electron chi connectivity index (χ0n) is 17.4. The van der Waals surface area contributed by atoms with E-state index in [1.807, 2.05) is 42.6 Å². The van der Waals surface area contributed by atoms with Crippen molar-refractivity contribution in [1.82, 2.24) is 14.7 Å². The summed E-state index contributed by atoms with van der Waals surface area (Å²) in [6.07, 6.45) is 5.91. The van der Waals surface area contributed by atoms with Crippen molar-refractivity contribution >= 4 is 27.5 Å². The van der Waals surface area contributed by atoms with Crippen LogP contribution in [0.5, 0.6) is 5.75 Å². The number of hydrogen-bond donors (Lipinski definition) is 3. The lowest BCUT2D eigenvalue weighted by molar-refractivity contribution is 0.321. The van der Waals surface area contributed by atoms with Crippen LogP contribution in [0.4, 0.5) is 5.13 Å². The molecular formula is C22H27N5O2S2. The molecular weight excluding hydrogens is 430 g/mol. The van der Waals surface area contributed by atoms with Crippen molar-refractivity contribution in [3.8, 4) is 17.1 Å². The second kappa shape index (κ2) is 10.3. The van der Waals surface area contributed by atoms with Gasteiger partial charge in [-0.1, -0.05) is 12.1 Å². The lowest BCUT2D eigenvalue weighted by Crippen LogP contribution is -2.36. The molecule has 9 heteroatoms. The van der Waals surface area contributed by atoms with E-state index in [0.29, 0.717) is 16.6 Å². The van der Waals surface area contributed by atoms with Crippen molar-refractivity contribution in [1.29, 1.82) is 0 Å². The number of pyridine rings is 1. The van der Waals surface area contributed by atoms with Gasteiger partial charge in [0.15, 0.2) is 10.9 Å². The number of anilines is 1. The van der Waals surface area contributed by atoms with Crippen LogP contribution in [0.15, 0.2) is 52.9 Å². The summed E-state index contributed by atoms with van der Waals surface area (Å²) in [6, 6.07) is 11.6. The quantitative estimate of drug-likeness (QED) is 0.441. The Balaban J connectivity index is 1.25. The number of benzene rings is 1. The molecule has 0 radical (unpaired) electrons. The summed E-state index contributed by atoms with van der Waals surface area (Å²) in [7, 11) is -1.35. The predicted octanol–water partition coefficient (Wildman–Crippen LogP) is 4.05. The van der Waals surface area contributed by atoms with Gasteiger partial charge in [0.25, 0.3) is 0 Å². The molecule has 1 aliphatic carbocycles. The van der Waals surface area contributed by atoms with Gasteiger partial charge in [-0.25, -0.2) is 13.9 Å². The Morgan fingerprint density at radius 2 is 2.03 bits per heavy atom. The number of hydrogen-bond acceptors (Lipinski definition) is 7. The van der Waals surface area contributed by atoms with E-state index in [1.54, 1.807) is 23.6 Å². The number of nitrogens with two attached hydrogens (primary N) is 1. The Morgan fingerprint density at radius 1 is 1.19 bits per heavy atom. The van der Waals surface area contributed by atoms with Gasteiger partial charge in [-0.2, -0.15) is 5.90 Å². The van der Waals surface area contributed by atoms with Crippen LogP contribution in [-0.4, -0.2) is 26.8 Å². The molecule has 0 amide bonds. The zero-order chi connectivity index (χ0) is 21.6. The normalized spacial score (nSPS) is 19.7. The summed E-state index contributed by atoms with van der Waals surface area (Å²) >= 11 is 1.61. The first-order chi connectivity index (χ1) is 15.1. The molecule has 0 saturated heterocycles. The average molecular weight is 458 g/mol. The summed E-state index contributed by atoms with van der Waals surface area (Å²) in [6.45, 7) is 2.86. The molecule has 31 heavy (non-hydrogen) atoms. The molecule has 0 bridgehead atoms. The molecule has 1 fully saturated rings. The second-order valence-corrected chi connectivity index (χ2v) is 9.88. The number of nitrogens with one attached hydrogen (secondary N) is 2. The van der Waals surface area contributed by atoms with Crippen LogP contribution in [0.1, 0.15) is 31.2 Å². The predicted molar refractivity (Wildman–Crippen MR) is 125 cm³/mol. The molecule has 1 aromatic carbocycles. The monoisotopic (exact) mass is 457 g/mol. The number of rotatable bonds is 8. The molecule has 2 aromatic heterocycles. The van der Waals surface area contributed by atoms with Gasteiger partial charge in [0, 0.05) is 24.2 Å². The van der Waals surface area contributed by atoms with Crippen molar-refractivity contribution < 1.29 is 9.05 Å². The van der Waals surface area contributed by atoms with E-state index in [1.165, 1.54) is 0 Å². The molecule has 1 saturated carbocycles. The van der Waals surface area contributed by atoms with E-state index in [-0.39, 0.29) is 6.04 Å².